The highest BCUT2D eigenvalue weighted by atomic mass is 32.1. The van der Waals surface area contributed by atoms with E-state index in [2.05, 4.69) is 15.0 Å². The minimum atomic E-state index is -0.916. The highest BCUT2D eigenvalue weighted by Gasteiger charge is 2.12. The number of aromatic amines is 1. The van der Waals surface area contributed by atoms with Crippen molar-refractivity contribution >= 4 is 28.3 Å². The molecule has 0 saturated carbocycles. The predicted molar refractivity (Wildman–Crippen MR) is 64.2 cm³/mol. The standard InChI is InChI=1S/C11H7N3O2S/c15-11(16)8-2-1-7(17-8)9-6-3-4-12-10(6)14-5-13-9/h1-5H,(H,15,16)(H,12,13,14). The van der Waals surface area contributed by atoms with Crippen molar-refractivity contribution in [1.82, 2.24) is 15.0 Å². The minimum Gasteiger partial charge on any atom is -0.477 e. The maximum Gasteiger partial charge on any atom is 0.345 e. The van der Waals surface area contributed by atoms with Crippen LogP contribution in [0.15, 0.2) is 30.7 Å². The predicted octanol–water partition coefficient (Wildman–Crippen LogP) is 2.38. The number of carbonyl (C=O) groups is 1. The van der Waals surface area contributed by atoms with Gasteiger partial charge in [-0.1, -0.05) is 0 Å². The van der Waals surface area contributed by atoms with Gasteiger partial charge in [0.05, 0.1) is 10.6 Å². The zero-order valence-corrected chi connectivity index (χ0v) is 9.36. The smallest absolute Gasteiger partial charge is 0.345 e. The quantitative estimate of drug-likeness (QED) is 0.726. The fourth-order valence-corrected chi connectivity index (χ4v) is 2.50. The summed E-state index contributed by atoms with van der Waals surface area (Å²) in [6.45, 7) is 0. The number of rotatable bonds is 2. The van der Waals surface area contributed by atoms with Gasteiger partial charge in [-0.25, -0.2) is 14.8 Å². The van der Waals surface area contributed by atoms with E-state index < -0.39 is 5.97 Å². The van der Waals surface area contributed by atoms with E-state index in [1.54, 1.807) is 18.3 Å². The van der Waals surface area contributed by atoms with Gasteiger partial charge in [-0.05, 0) is 18.2 Å². The first kappa shape index (κ1) is 9.98. The largest absolute Gasteiger partial charge is 0.477 e. The lowest BCUT2D eigenvalue weighted by molar-refractivity contribution is 0.0702. The molecule has 0 saturated heterocycles. The third-order valence-electron chi connectivity index (χ3n) is 2.40. The van der Waals surface area contributed by atoms with E-state index in [4.69, 9.17) is 5.11 Å². The molecule has 2 N–H and O–H groups in total. The number of carboxylic acids is 1. The summed E-state index contributed by atoms with van der Waals surface area (Å²) in [6, 6.07) is 5.23. The number of nitrogens with zero attached hydrogens (tertiary/aromatic N) is 2. The van der Waals surface area contributed by atoms with Crippen LogP contribution in [-0.4, -0.2) is 26.0 Å². The van der Waals surface area contributed by atoms with Gasteiger partial charge in [-0.2, -0.15) is 0 Å². The highest BCUT2D eigenvalue weighted by Crippen LogP contribution is 2.30. The Kier molecular flexibility index (Phi) is 2.15. The van der Waals surface area contributed by atoms with Gasteiger partial charge >= 0.3 is 5.97 Å². The first-order valence-electron chi connectivity index (χ1n) is 4.87. The summed E-state index contributed by atoms with van der Waals surface area (Å²) in [6.07, 6.45) is 3.25. The van der Waals surface area contributed by atoms with Crippen LogP contribution < -0.4 is 0 Å². The summed E-state index contributed by atoms with van der Waals surface area (Å²) in [5, 5.41) is 9.78. The summed E-state index contributed by atoms with van der Waals surface area (Å²) in [7, 11) is 0. The normalized spacial score (nSPS) is 10.8. The van der Waals surface area contributed by atoms with Gasteiger partial charge < -0.3 is 10.1 Å². The summed E-state index contributed by atoms with van der Waals surface area (Å²) in [5.74, 6) is -0.916. The van der Waals surface area contributed by atoms with Gasteiger partial charge in [-0.3, -0.25) is 0 Å². The molecule has 17 heavy (non-hydrogen) atoms. The van der Waals surface area contributed by atoms with E-state index in [-0.39, 0.29) is 0 Å². The number of hydrogen-bond donors (Lipinski definition) is 2. The summed E-state index contributed by atoms with van der Waals surface area (Å²) in [4.78, 5) is 23.3. The first-order chi connectivity index (χ1) is 8.25. The number of hydrogen-bond acceptors (Lipinski definition) is 4. The zero-order chi connectivity index (χ0) is 11.8. The van der Waals surface area contributed by atoms with Crippen molar-refractivity contribution in [3.05, 3.63) is 35.6 Å². The van der Waals surface area contributed by atoms with Gasteiger partial charge in [0.1, 0.15) is 16.9 Å². The molecule has 3 rings (SSSR count). The Labute approximate surface area is 99.8 Å². The molecule has 3 aromatic rings. The number of fused-ring (bicyclic) bond motifs is 1. The van der Waals surface area contributed by atoms with Gasteiger partial charge in [0, 0.05) is 11.6 Å². The maximum atomic E-state index is 10.8. The molecule has 0 bridgehead atoms. The van der Waals surface area contributed by atoms with Crippen LogP contribution in [0.25, 0.3) is 21.6 Å². The summed E-state index contributed by atoms with van der Waals surface area (Å²) < 4.78 is 0. The van der Waals surface area contributed by atoms with Crippen molar-refractivity contribution in [1.29, 1.82) is 0 Å². The van der Waals surface area contributed by atoms with Crippen LogP contribution in [0.3, 0.4) is 0 Å². The van der Waals surface area contributed by atoms with Crippen LogP contribution in [0.2, 0.25) is 0 Å². The maximum absolute atomic E-state index is 10.8. The van der Waals surface area contributed by atoms with Crippen molar-refractivity contribution in [3.63, 3.8) is 0 Å². The Bertz CT molecular complexity index is 701. The summed E-state index contributed by atoms with van der Waals surface area (Å²) >= 11 is 1.21. The average Bonchev–Trinajstić information content (AvgIpc) is 2.97. The second kappa shape index (κ2) is 3.67. The molecule has 0 amide bonds. The average molecular weight is 245 g/mol. The van der Waals surface area contributed by atoms with E-state index in [1.165, 1.54) is 17.7 Å². The molecular weight excluding hydrogens is 238 g/mol. The van der Waals surface area contributed by atoms with Crippen LogP contribution in [0.1, 0.15) is 9.67 Å². The van der Waals surface area contributed by atoms with Gasteiger partial charge in [0.15, 0.2) is 0 Å². The number of H-pyrrole nitrogens is 1. The third-order valence-corrected chi connectivity index (χ3v) is 3.48. The van der Waals surface area contributed by atoms with Crippen LogP contribution in [0, 0.1) is 0 Å². The van der Waals surface area contributed by atoms with Crippen molar-refractivity contribution < 1.29 is 9.90 Å². The van der Waals surface area contributed by atoms with Crippen molar-refractivity contribution in [2.24, 2.45) is 0 Å². The Balaban J connectivity index is 2.19. The van der Waals surface area contributed by atoms with Gasteiger partial charge in [0.25, 0.3) is 0 Å². The molecule has 0 fully saturated rings. The molecule has 0 aromatic carbocycles. The Morgan fingerprint density at radius 3 is 2.94 bits per heavy atom. The molecule has 0 spiro atoms. The van der Waals surface area contributed by atoms with E-state index in [9.17, 15) is 4.79 Å². The van der Waals surface area contributed by atoms with Crippen molar-refractivity contribution in [2.75, 3.05) is 0 Å². The lowest BCUT2D eigenvalue weighted by atomic mass is 10.2. The lowest BCUT2D eigenvalue weighted by Gasteiger charge is -1.97. The van der Waals surface area contributed by atoms with Gasteiger partial charge in [-0.15, -0.1) is 11.3 Å². The molecule has 84 valence electrons. The molecule has 5 nitrogen and oxygen atoms in total. The number of aromatic nitrogens is 3. The monoisotopic (exact) mass is 245 g/mol. The lowest BCUT2D eigenvalue weighted by Crippen LogP contribution is -1.89. The fraction of sp³-hybridized carbons (Fsp3) is 0. The Morgan fingerprint density at radius 1 is 1.29 bits per heavy atom. The van der Waals surface area contributed by atoms with E-state index in [0.717, 1.165) is 21.6 Å². The zero-order valence-electron chi connectivity index (χ0n) is 8.54. The van der Waals surface area contributed by atoms with Crippen molar-refractivity contribution in [3.8, 4) is 10.6 Å². The molecule has 0 aliphatic carbocycles. The molecule has 0 aliphatic rings. The Hall–Kier alpha value is -2.21. The number of nitrogens with one attached hydrogen (secondary N) is 1. The molecule has 6 heteroatoms. The Morgan fingerprint density at radius 2 is 2.18 bits per heavy atom. The topological polar surface area (TPSA) is 78.9 Å². The van der Waals surface area contributed by atoms with Crippen LogP contribution in [0.4, 0.5) is 0 Å². The van der Waals surface area contributed by atoms with Crippen molar-refractivity contribution in [2.45, 2.75) is 0 Å². The second-order valence-corrected chi connectivity index (χ2v) is 4.52. The van der Waals surface area contributed by atoms with Crippen LogP contribution >= 0.6 is 11.3 Å². The van der Waals surface area contributed by atoms with E-state index >= 15 is 0 Å². The molecule has 0 unspecified atom stereocenters. The number of thiophene rings is 1. The van der Waals surface area contributed by atoms with E-state index in [1.807, 2.05) is 6.07 Å². The molecule has 3 aromatic heterocycles. The van der Waals surface area contributed by atoms with E-state index in [0.29, 0.717) is 4.88 Å². The molecule has 0 aliphatic heterocycles. The SMILES string of the molecule is O=C(O)c1ccc(-c2ncnc3[nH]ccc23)s1. The second-order valence-electron chi connectivity index (χ2n) is 3.43. The molecular formula is C11H7N3O2S. The highest BCUT2D eigenvalue weighted by molar-refractivity contribution is 7.17. The summed E-state index contributed by atoms with van der Waals surface area (Å²) in [5.41, 5.74) is 1.51. The van der Waals surface area contributed by atoms with Crippen LogP contribution in [-0.2, 0) is 0 Å². The number of aromatic carboxylic acids is 1. The third kappa shape index (κ3) is 1.58. The van der Waals surface area contributed by atoms with Crippen LogP contribution in [0.5, 0.6) is 0 Å². The molecule has 3 heterocycles. The first-order valence-corrected chi connectivity index (χ1v) is 5.69. The molecule has 0 radical (unpaired) electrons. The number of carboxylic acid groups (broad SMARTS) is 1. The molecule has 0 atom stereocenters. The minimum absolute atomic E-state index is 0.308. The fourth-order valence-electron chi connectivity index (χ4n) is 1.65. The van der Waals surface area contributed by atoms with Gasteiger partial charge in [0.2, 0.25) is 0 Å².